The summed E-state index contributed by atoms with van der Waals surface area (Å²) in [7, 11) is 0. The van der Waals surface area contributed by atoms with Crippen LogP contribution < -0.4 is 10.5 Å². The molecule has 0 bridgehead atoms. The second-order valence-electron chi connectivity index (χ2n) is 6.52. The molecule has 1 aliphatic rings. The molecule has 0 saturated carbocycles. The molecule has 2 aromatic rings. The summed E-state index contributed by atoms with van der Waals surface area (Å²) in [5.74, 6) is 3.52. The van der Waals surface area contributed by atoms with E-state index in [1.807, 2.05) is 22.9 Å². The molecule has 3 rings (SSSR count). The van der Waals surface area contributed by atoms with Gasteiger partial charge in [0.1, 0.15) is 11.6 Å². The Bertz CT molecular complexity index is 663. The van der Waals surface area contributed by atoms with Crippen molar-refractivity contribution in [2.45, 2.75) is 46.1 Å². The number of aryl methyl sites for hydroxylation is 1. The molecule has 0 saturated heterocycles. The molecule has 0 radical (unpaired) electrons. The molecule has 2 N–H and O–H groups in total. The van der Waals surface area contributed by atoms with Gasteiger partial charge in [0, 0.05) is 18.0 Å². The van der Waals surface area contributed by atoms with Crippen molar-refractivity contribution >= 4 is 5.69 Å². The topological polar surface area (TPSA) is 66.0 Å². The van der Waals surface area contributed by atoms with E-state index in [1.165, 1.54) is 12.8 Å². The van der Waals surface area contributed by atoms with Crippen LogP contribution in [-0.4, -0.2) is 21.4 Å². The molecule has 1 aromatic carbocycles. The van der Waals surface area contributed by atoms with Crippen LogP contribution in [0.15, 0.2) is 18.2 Å². The molecule has 1 unspecified atom stereocenters. The lowest BCUT2D eigenvalue weighted by Crippen LogP contribution is -2.14. The third-order valence-electron chi connectivity index (χ3n) is 3.99. The Kier molecular flexibility index (Phi) is 4.05. The van der Waals surface area contributed by atoms with Gasteiger partial charge in [0.05, 0.1) is 12.3 Å². The largest absolute Gasteiger partial charge is 0.491 e. The average Bonchev–Trinajstić information content (AvgIpc) is 2.91. The van der Waals surface area contributed by atoms with E-state index in [0.717, 1.165) is 29.5 Å². The molecule has 1 aromatic heterocycles. The van der Waals surface area contributed by atoms with Crippen molar-refractivity contribution in [3.05, 3.63) is 24.0 Å². The molecule has 0 amide bonds. The van der Waals surface area contributed by atoms with Crippen LogP contribution in [0.1, 0.15) is 45.4 Å². The zero-order chi connectivity index (χ0) is 15.7. The van der Waals surface area contributed by atoms with Crippen molar-refractivity contribution < 1.29 is 4.74 Å². The second-order valence-corrected chi connectivity index (χ2v) is 6.52. The molecule has 1 aliphatic heterocycles. The van der Waals surface area contributed by atoms with E-state index in [2.05, 4.69) is 25.9 Å². The monoisotopic (exact) mass is 300 g/mol. The van der Waals surface area contributed by atoms with Crippen LogP contribution >= 0.6 is 0 Å². The van der Waals surface area contributed by atoms with Crippen LogP contribution in [0.4, 0.5) is 5.69 Å². The molecule has 1 atom stereocenters. The van der Waals surface area contributed by atoms with Crippen molar-refractivity contribution in [3.8, 4) is 17.1 Å². The van der Waals surface area contributed by atoms with Gasteiger partial charge in [-0.3, -0.25) is 0 Å². The lowest BCUT2D eigenvalue weighted by molar-refractivity contribution is 0.272. The van der Waals surface area contributed by atoms with Crippen molar-refractivity contribution in [1.82, 2.24) is 14.8 Å². The summed E-state index contributed by atoms with van der Waals surface area (Å²) in [6.45, 7) is 8.06. The Labute approximate surface area is 131 Å². The molecule has 5 nitrogen and oxygen atoms in total. The van der Waals surface area contributed by atoms with Crippen LogP contribution in [0.3, 0.4) is 0 Å². The number of rotatable bonds is 4. The first-order valence-electron chi connectivity index (χ1n) is 8.02. The minimum absolute atomic E-state index is 0.473. The predicted molar refractivity (Wildman–Crippen MR) is 87.9 cm³/mol. The Morgan fingerprint density at radius 3 is 2.91 bits per heavy atom. The molecule has 2 heterocycles. The molecule has 0 aliphatic carbocycles. The van der Waals surface area contributed by atoms with Gasteiger partial charge in [-0.25, -0.2) is 9.67 Å². The number of hydrogen-bond donors (Lipinski definition) is 1. The highest BCUT2D eigenvalue weighted by molar-refractivity contribution is 5.66. The van der Waals surface area contributed by atoms with Crippen LogP contribution in [0, 0.1) is 5.92 Å². The van der Waals surface area contributed by atoms with Crippen molar-refractivity contribution in [3.63, 3.8) is 0 Å². The summed E-state index contributed by atoms with van der Waals surface area (Å²) in [5.41, 5.74) is 7.69. The van der Waals surface area contributed by atoms with Crippen LogP contribution in [-0.2, 0) is 6.54 Å². The van der Waals surface area contributed by atoms with E-state index in [0.29, 0.717) is 24.1 Å². The summed E-state index contributed by atoms with van der Waals surface area (Å²) in [5, 5.41) is 4.63. The zero-order valence-corrected chi connectivity index (χ0v) is 13.5. The fraction of sp³-hybridized carbons (Fsp3) is 0.529. The Hall–Kier alpha value is -2.04. The maximum atomic E-state index is 6.11. The highest BCUT2D eigenvalue weighted by atomic mass is 16.5. The third kappa shape index (κ3) is 2.93. The van der Waals surface area contributed by atoms with E-state index in [1.54, 1.807) is 0 Å². The molecule has 5 heteroatoms. The number of fused-ring (bicyclic) bond motifs is 1. The fourth-order valence-electron chi connectivity index (χ4n) is 2.76. The summed E-state index contributed by atoms with van der Waals surface area (Å²) in [4.78, 5) is 4.70. The van der Waals surface area contributed by atoms with Gasteiger partial charge in [0.25, 0.3) is 0 Å². The number of aromatic nitrogens is 3. The predicted octanol–water partition coefficient (Wildman–Crippen LogP) is 3.46. The number of ether oxygens (including phenoxy) is 1. The van der Waals surface area contributed by atoms with Crippen LogP contribution in [0.5, 0.6) is 5.75 Å². The molecule has 0 fully saturated rings. The summed E-state index contributed by atoms with van der Waals surface area (Å²) < 4.78 is 7.75. The first-order valence-corrected chi connectivity index (χ1v) is 8.02. The quantitative estimate of drug-likeness (QED) is 0.878. The minimum atomic E-state index is 0.473. The SMILES string of the molecule is CC(C)COc1ccc(-c2nc3n(n2)CCCC3C)cc1N. The van der Waals surface area contributed by atoms with E-state index in [4.69, 9.17) is 15.5 Å². The minimum Gasteiger partial charge on any atom is -0.491 e. The Balaban J connectivity index is 1.85. The number of nitrogen functional groups attached to an aromatic ring is 1. The lowest BCUT2D eigenvalue weighted by atomic mass is 10.0. The van der Waals surface area contributed by atoms with Gasteiger partial charge in [-0.1, -0.05) is 20.8 Å². The number of anilines is 1. The van der Waals surface area contributed by atoms with Gasteiger partial charge < -0.3 is 10.5 Å². The standard InChI is InChI=1S/C17H24N4O/c1-11(2)10-22-15-7-6-13(9-14(15)18)16-19-17-12(3)5-4-8-21(17)20-16/h6-7,9,11-12H,4-5,8,10,18H2,1-3H3. The highest BCUT2D eigenvalue weighted by Gasteiger charge is 2.21. The van der Waals surface area contributed by atoms with E-state index in [-0.39, 0.29) is 0 Å². The second kappa shape index (κ2) is 5.99. The van der Waals surface area contributed by atoms with Gasteiger partial charge in [0.2, 0.25) is 0 Å². The van der Waals surface area contributed by atoms with Gasteiger partial charge in [0.15, 0.2) is 5.82 Å². The van der Waals surface area contributed by atoms with Crippen molar-refractivity contribution in [2.24, 2.45) is 5.92 Å². The molecule has 22 heavy (non-hydrogen) atoms. The average molecular weight is 300 g/mol. The van der Waals surface area contributed by atoms with E-state index < -0.39 is 0 Å². The van der Waals surface area contributed by atoms with Crippen molar-refractivity contribution in [2.75, 3.05) is 12.3 Å². The fourth-order valence-corrected chi connectivity index (χ4v) is 2.76. The Morgan fingerprint density at radius 2 is 2.23 bits per heavy atom. The molecule has 0 spiro atoms. The summed E-state index contributed by atoms with van der Waals surface area (Å²) >= 11 is 0. The van der Waals surface area contributed by atoms with Gasteiger partial charge >= 0.3 is 0 Å². The number of hydrogen-bond acceptors (Lipinski definition) is 4. The maximum Gasteiger partial charge on any atom is 0.181 e. The highest BCUT2D eigenvalue weighted by Crippen LogP contribution is 2.30. The molecular weight excluding hydrogens is 276 g/mol. The first kappa shape index (κ1) is 14.9. The number of benzene rings is 1. The number of nitrogens with two attached hydrogens (primary N) is 1. The Morgan fingerprint density at radius 1 is 1.41 bits per heavy atom. The van der Waals surface area contributed by atoms with Gasteiger partial charge in [-0.15, -0.1) is 0 Å². The summed E-state index contributed by atoms with van der Waals surface area (Å²) in [6.07, 6.45) is 2.35. The molecular formula is C17H24N4O. The smallest absolute Gasteiger partial charge is 0.181 e. The zero-order valence-electron chi connectivity index (χ0n) is 13.5. The maximum absolute atomic E-state index is 6.11. The number of nitrogens with zero attached hydrogens (tertiary/aromatic N) is 3. The third-order valence-corrected chi connectivity index (χ3v) is 3.99. The normalized spacial score (nSPS) is 17.5. The molecule has 118 valence electrons. The lowest BCUT2D eigenvalue weighted by Gasteiger charge is -2.17. The van der Waals surface area contributed by atoms with E-state index in [9.17, 15) is 0 Å². The van der Waals surface area contributed by atoms with Crippen LogP contribution in [0.2, 0.25) is 0 Å². The van der Waals surface area contributed by atoms with E-state index >= 15 is 0 Å². The first-order chi connectivity index (χ1) is 10.5. The summed E-state index contributed by atoms with van der Waals surface area (Å²) in [6, 6.07) is 5.80. The van der Waals surface area contributed by atoms with Crippen LogP contribution in [0.25, 0.3) is 11.4 Å². The van der Waals surface area contributed by atoms with Gasteiger partial charge in [-0.2, -0.15) is 5.10 Å². The van der Waals surface area contributed by atoms with Crippen molar-refractivity contribution in [1.29, 1.82) is 0 Å². The van der Waals surface area contributed by atoms with Gasteiger partial charge in [-0.05, 0) is 37.0 Å².